The first kappa shape index (κ1) is 30.0. The lowest BCUT2D eigenvalue weighted by molar-refractivity contribution is 0.674. The number of furan rings is 1. The second-order valence-corrected chi connectivity index (χ2v) is 13.3. The molecule has 1 aromatic heterocycles. The van der Waals surface area contributed by atoms with E-state index in [1.807, 2.05) is 0 Å². The molecule has 10 rings (SSSR count). The zero-order valence-electron chi connectivity index (χ0n) is 28.4. The van der Waals surface area contributed by atoms with E-state index in [0.29, 0.717) is 0 Å². The molecule has 0 bridgehead atoms. The summed E-state index contributed by atoms with van der Waals surface area (Å²) in [5, 5.41) is 6.98. The maximum atomic E-state index is 6.76. The zero-order chi connectivity index (χ0) is 34.4. The standard InChI is InChI=1S/C50H33NO/c1-3-13-34(14-4-1)39-19-11-20-41(31-39)51(42-30-25-35-15-7-8-18-38(35)32-42)40-28-26-37(27-29-40)47-33-48-46-24-12-23-43(36-16-5-2-6-17-36)49(46)52-50(48)45-22-10-9-21-44(45)47/h1-33H. The fourth-order valence-electron chi connectivity index (χ4n) is 7.71. The lowest BCUT2D eigenvalue weighted by atomic mass is 9.94. The first-order chi connectivity index (χ1) is 25.8. The van der Waals surface area contributed by atoms with Crippen LogP contribution >= 0.6 is 0 Å². The topological polar surface area (TPSA) is 16.4 Å². The third-order valence-electron chi connectivity index (χ3n) is 10.2. The van der Waals surface area contributed by atoms with Gasteiger partial charge in [0.2, 0.25) is 0 Å². The van der Waals surface area contributed by atoms with E-state index in [0.717, 1.165) is 61.1 Å². The Morgan fingerprint density at radius 1 is 0.288 bits per heavy atom. The quantitative estimate of drug-likeness (QED) is 0.176. The van der Waals surface area contributed by atoms with Crippen LogP contribution in [0.15, 0.2) is 205 Å². The molecular formula is C50H33NO. The van der Waals surface area contributed by atoms with Gasteiger partial charge in [0.25, 0.3) is 0 Å². The monoisotopic (exact) mass is 663 g/mol. The highest BCUT2D eigenvalue weighted by molar-refractivity contribution is 6.20. The molecule has 2 heteroatoms. The van der Waals surface area contributed by atoms with Crippen LogP contribution in [0.2, 0.25) is 0 Å². The van der Waals surface area contributed by atoms with Crippen molar-refractivity contribution in [3.8, 4) is 33.4 Å². The van der Waals surface area contributed by atoms with Crippen LogP contribution in [0.4, 0.5) is 17.1 Å². The van der Waals surface area contributed by atoms with E-state index in [2.05, 4.69) is 205 Å². The molecule has 0 aliphatic rings. The molecule has 0 atom stereocenters. The third kappa shape index (κ3) is 5.12. The SMILES string of the molecule is c1ccc(-c2cccc(N(c3ccc(-c4cc5c6cccc(-c7ccccc7)c6oc5c5ccccc45)cc3)c3ccc4ccccc4c3)c2)cc1. The summed E-state index contributed by atoms with van der Waals surface area (Å²) in [6.45, 7) is 0. The third-order valence-corrected chi connectivity index (χ3v) is 10.2. The Labute approximate surface area is 302 Å². The largest absolute Gasteiger partial charge is 0.455 e. The minimum Gasteiger partial charge on any atom is -0.455 e. The van der Waals surface area contributed by atoms with Gasteiger partial charge in [-0.25, -0.2) is 0 Å². The van der Waals surface area contributed by atoms with Crippen LogP contribution in [0.25, 0.3) is 76.9 Å². The Bertz CT molecular complexity index is 2890. The van der Waals surface area contributed by atoms with Crippen LogP contribution in [0.1, 0.15) is 0 Å². The molecule has 9 aromatic carbocycles. The average Bonchev–Trinajstić information content (AvgIpc) is 3.61. The molecule has 1 heterocycles. The molecule has 0 fully saturated rings. The number of hydrogen-bond donors (Lipinski definition) is 0. The summed E-state index contributed by atoms with van der Waals surface area (Å²) < 4.78 is 6.76. The summed E-state index contributed by atoms with van der Waals surface area (Å²) in [5.74, 6) is 0. The number of rotatable bonds is 6. The van der Waals surface area contributed by atoms with Crippen molar-refractivity contribution in [3.05, 3.63) is 200 Å². The highest BCUT2D eigenvalue weighted by Gasteiger charge is 2.19. The molecule has 0 aliphatic heterocycles. The molecule has 244 valence electrons. The van der Waals surface area contributed by atoms with Crippen LogP contribution in [0.5, 0.6) is 0 Å². The molecule has 0 amide bonds. The Balaban J connectivity index is 1.12. The predicted octanol–water partition coefficient (Wildman–Crippen LogP) is 14.4. The minimum atomic E-state index is 0.921. The van der Waals surface area contributed by atoms with Crippen molar-refractivity contribution in [2.24, 2.45) is 0 Å². The Hall–Kier alpha value is -6.90. The van der Waals surface area contributed by atoms with Gasteiger partial charge in [0.1, 0.15) is 11.2 Å². The lowest BCUT2D eigenvalue weighted by Gasteiger charge is -2.26. The highest BCUT2D eigenvalue weighted by Crippen LogP contribution is 2.44. The van der Waals surface area contributed by atoms with Crippen molar-refractivity contribution in [2.45, 2.75) is 0 Å². The van der Waals surface area contributed by atoms with Crippen molar-refractivity contribution < 1.29 is 4.42 Å². The van der Waals surface area contributed by atoms with Crippen molar-refractivity contribution in [1.82, 2.24) is 0 Å². The van der Waals surface area contributed by atoms with E-state index in [4.69, 9.17) is 4.42 Å². The van der Waals surface area contributed by atoms with Crippen molar-refractivity contribution in [1.29, 1.82) is 0 Å². The van der Waals surface area contributed by atoms with Gasteiger partial charge in [0.05, 0.1) is 0 Å². The van der Waals surface area contributed by atoms with Gasteiger partial charge in [-0.05, 0) is 86.4 Å². The predicted molar refractivity (Wildman–Crippen MR) is 220 cm³/mol. The summed E-state index contributed by atoms with van der Waals surface area (Å²) in [6, 6.07) is 71.6. The van der Waals surface area contributed by atoms with Crippen LogP contribution in [0, 0.1) is 0 Å². The molecule has 0 N–H and O–H groups in total. The molecule has 2 nitrogen and oxygen atoms in total. The molecule has 0 unspecified atom stereocenters. The van der Waals surface area contributed by atoms with Crippen LogP contribution in [0.3, 0.4) is 0 Å². The molecule has 52 heavy (non-hydrogen) atoms. The number of anilines is 3. The summed E-state index contributed by atoms with van der Waals surface area (Å²) >= 11 is 0. The molecule has 0 saturated heterocycles. The summed E-state index contributed by atoms with van der Waals surface area (Å²) in [6.07, 6.45) is 0. The molecular weight excluding hydrogens is 631 g/mol. The van der Waals surface area contributed by atoms with Crippen LogP contribution < -0.4 is 4.90 Å². The molecule has 0 aliphatic carbocycles. The van der Waals surface area contributed by atoms with Gasteiger partial charge in [0.15, 0.2) is 0 Å². The summed E-state index contributed by atoms with van der Waals surface area (Å²) in [7, 11) is 0. The van der Waals surface area contributed by atoms with E-state index in [-0.39, 0.29) is 0 Å². The van der Waals surface area contributed by atoms with Gasteiger partial charge in [-0.2, -0.15) is 0 Å². The zero-order valence-corrected chi connectivity index (χ0v) is 28.4. The summed E-state index contributed by atoms with van der Waals surface area (Å²) in [4.78, 5) is 2.36. The summed E-state index contributed by atoms with van der Waals surface area (Å²) in [5.41, 5.74) is 12.1. The van der Waals surface area contributed by atoms with E-state index >= 15 is 0 Å². The van der Waals surface area contributed by atoms with E-state index < -0.39 is 0 Å². The maximum absolute atomic E-state index is 6.76. The molecule has 10 aromatic rings. The van der Waals surface area contributed by atoms with Gasteiger partial charge < -0.3 is 9.32 Å². The first-order valence-electron chi connectivity index (χ1n) is 17.8. The van der Waals surface area contributed by atoms with Gasteiger partial charge >= 0.3 is 0 Å². The fraction of sp³-hybridized carbons (Fsp3) is 0. The molecule has 0 saturated carbocycles. The average molecular weight is 664 g/mol. The van der Waals surface area contributed by atoms with E-state index in [1.54, 1.807) is 0 Å². The molecule has 0 spiro atoms. The Kier molecular flexibility index (Phi) is 7.18. The van der Waals surface area contributed by atoms with E-state index in [9.17, 15) is 0 Å². The Morgan fingerprint density at radius 2 is 0.865 bits per heavy atom. The van der Waals surface area contributed by atoms with Crippen molar-refractivity contribution >= 4 is 60.5 Å². The Morgan fingerprint density at radius 3 is 1.67 bits per heavy atom. The van der Waals surface area contributed by atoms with Crippen molar-refractivity contribution in [3.63, 3.8) is 0 Å². The van der Waals surface area contributed by atoms with Gasteiger partial charge in [-0.3, -0.25) is 0 Å². The fourth-order valence-corrected chi connectivity index (χ4v) is 7.71. The van der Waals surface area contributed by atoms with Crippen LogP contribution in [-0.4, -0.2) is 0 Å². The van der Waals surface area contributed by atoms with E-state index in [1.165, 1.54) is 32.8 Å². The van der Waals surface area contributed by atoms with Crippen molar-refractivity contribution in [2.75, 3.05) is 4.90 Å². The number of fused-ring (bicyclic) bond motifs is 6. The normalized spacial score (nSPS) is 11.5. The number of benzene rings is 9. The minimum absolute atomic E-state index is 0.921. The first-order valence-corrected chi connectivity index (χ1v) is 17.8. The molecule has 0 radical (unpaired) electrons. The smallest absolute Gasteiger partial charge is 0.143 e. The van der Waals surface area contributed by atoms with Gasteiger partial charge in [0, 0.05) is 38.8 Å². The van der Waals surface area contributed by atoms with Gasteiger partial charge in [-0.15, -0.1) is 0 Å². The number of nitrogens with zero attached hydrogens (tertiary/aromatic N) is 1. The van der Waals surface area contributed by atoms with Gasteiger partial charge in [-0.1, -0.05) is 158 Å². The number of para-hydroxylation sites is 1. The van der Waals surface area contributed by atoms with Crippen LogP contribution in [-0.2, 0) is 0 Å². The second kappa shape index (κ2) is 12.5. The second-order valence-electron chi connectivity index (χ2n) is 13.3. The highest BCUT2D eigenvalue weighted by atomic mass is 16.3. The number of hydrogen-bond acceptors (Lipinski definition) is 2. The lowest BCUT2D eigenvalue weighted by Crippen LogP contribution is -2.10. The maximum Gasteiger partial charge on any atom is 0.143 e.